The number of hydrogen-bond donors (Lipinski definition) is 1. The van der Waals surface area contributed by atoms with Gasteiger partial charge >= 0.3 is 0 Å². The van der Waals surface area contributed by atoms with Crippen molar-refractivity contribution >= 4 is 17.6 Å². The fraction of sp³-hybridized carbons (Fsp3) is 0.667. The summed E-state index contributed by atoms with van der Waals surface area (Å²) < 4.78 is 10.1. The van der Waals surface area contributed by atoms with Gasteiger partial charge in [-0.1, -0.05) is 6.92 Å². The average molecular weight is 271 g/mol. The third-order valence-electron chi connectivity index (χ3n) is 2.12. The van der Waals surface area contributed by atoms with Crippen LogP contribution in [0.2, 0.25) is 0 Å². The SMILES string of the molecule is CCCNc1cc(SCCOC)nc(COC)n1. The number of hydrogen-bond acceptors (Lipinski definition) is 6. The highest BCUT2D eigenvalue weighted by molar-refractivity contribution is 7.99. The Morgan fingerprint density at radius 1 is 1.28 bits per heavy atom. The molecule has 6 heteroatoms. The van der Waals surface area contributed by atoms with E-state index in [0.717, 1.165) is 29.6 Å². The predicted octanol–water partition coefficient (Wildman–Crippen LogP) is 2.18. The number of thioether (sulfide) groups is 1. The molecule has 0 aromatic carbocycles. The lowest BCUT2D eigenvalue weighted by Gasteiger charge is -2.08. The van der Waals surface area contributed by atoms with Crippen LogP contribution in [0.3, 0.4) is 0 Å². The number of anilines is 1. The van der Waals surface area contributed by atoms with Gasteiger partial charge in [-0.3, -0.25) is 0 Å². The molecular formula is C12H21N3O2S. The molecule has 1 aromatic heterocycles. The molecule has 0 bridgehead atoms. The highest BCUT2D eigenvalue weighted by atomic mass is 32.2. The molecule has 0 atom stereocenters. The van der Waals surface area contributed by atoms with E-state index >= 15 is 0 Å². The van der Waals surface area contributed by atoms with Crippen molar-refractivity contribution in [3.63, 3.8) is 0 Å². The number of nitrogens with zero attached hydrogens (tertiary/aromatic N) is 2. The van der Waals surface area contributed by atoms with Gasteiger partial charge in [-0.25, -0.2) is 9.97 Å². The molecule has 0 aliphatic rings. The summed E-state index contributed by atoms with van der Waals surface area (Å²) in [6, 6.07) is 1.97. The molecule has 18 heavy (non-hydrogen) atoms. The van der Waals surface area contributed by atoms with Crippen molar-refractivity contribution < 1.29 is 9.47 Å². The lowest BCUT2D eigenvalue weighted by molar-refractivity contribution is 0.177. The second-order valence-electron chi connectivity index (χ2n) is 3.71. The van der Waals surface area contributed by atoms with Crippen molar-refractivity contribution in [3.8, 4) is 0 Å². The highest BCUT2D eigenvalue weighted by Gasteiger charge is 2.05. The maximum Gasteiger partial charge on any atom is 0.157 e. The highest BCUT2D eigenvalue weighted by Crippen LogP contribution is 2.18. The van der Waals surface area contributed by atoms with Crippen LogP contribution < -0.4 is 5.32 Å². The Morgan fingerprint density at radius 3 is 2.78 bits per heavy atom. The smallest absolute Gasteiger partial charge is 0.157 e. The largest absolute Gasteiger partial charge is 0.384 e. The van der Waals surface area contributed by atoms with Gasteiger partial charge in [0.1, 0.15) is 17.5 Å². The van der Waals surface area contributed by atoms with Gasteiger partial charge in [0.2, 0.25) is 0 Å². The number of aromatic nitrogens is 2. The zero-order valence-electron chi connectivity index (χ0n) is 11.2. The molecule has 0 unspecified atom stereocenters. The van der Waals surface area contributed by atoms with Crippen LogP contribution in [0.15, 0.2) is 11.1 Å². The Hall–Kier alpha value is -0.850. The van der Waals surface area contributed by atoms with E-state index in [4.69, 9.17) is 9.47 Å². The van der Waals surface area contributed by atoms with Crippen LogP contribution in [0.5, 0.6) is 0 Å². The van der Waals surface area contributed by atoms with Crippen LogP contribution in [-0.4, -0.2) is 43.1 Å². The molecule has 5 nitrogen and oxygen atoms in total. The van der Waals surface area contributed by atoms with Crippen molar-refractivity contribution in [2.45, 2.75) is 25.0 Å². The summed E-state index contributed by atoms with van der Waals surface area (Å²) in [5, 5.41) is 4.22. The van der Waals surface area contributed by atoms with Gasteiger partial charge in [0, 0.05) is 32.6 Å². The van der Waals surface area contributed by atoms with Gasteiger partial charge in [0.15, 0.2) is 5.82 Å². The zero-order valence-corrected chi connectivity index (χ0v) is 12.0. The Bertz CT molecular complexity index is 350. The maximum atomic E-state index is 5.08. The molecule has 1 aromatic rings. The van der Waals surface area contributed by atoms with Gasteiger partial charge in [0.05, 0.1) is 6.61 Å². The predicted molar refractivity (Wildman–Crippen MR) is 74.1 cm³/mol. The average Bonchev–Trinajstić information content (AvgIpc) is 2.37. The number of ether oxygens (including phenoxy) is 2. The molecule has 1 rings (SSSR count). The Balaban J connectivity index is 2.70. The van der Waals surface area contributed by atoms with Crippen molar-refractivity contribution in [1.82, 2.24) is 9.97 Å². The molecule has 102 valence electrons. The molecule has 1 heterocycles. The van der Waals surface area contributed by atoms with Gasteiger partial charge in [-0.05, 0) is 6.42 Å². The summed E-state index contributed by atoms with van der Waals surface area (Å²) in [4.78, 5) is 8.83. The van der Waals surface area contributed by atoms with Crippen molar-refractivity contribution in [1.29, 1.82) is 0 Å². The monoisotopic (exact) mass is 271 g/mol. The summed E-state index contributed by atoms with van der Waals surface area (Å²) in [6.07, 6.45) is 1.07. The van der Waals surface area contributed by atoms with E-state index in [1.807, 2.05) is 6.07 Å². The van der Waals surface area contributed by atoms with Crippen LogP contribution in [-0.2, 0) is 16.1 Å². The number of nitrogens with one attached hydrogen (secondary N) is 1. The van der Waals surface area contributed by atoms with Crippen LogP contribution >= 0.6 is 11.8 Å². The molecule has 0 fully saturated rings. The summed E-state index contributed by atoms with van der Waals surface area (Å²) in [7, 11) is 3.35. The van der Waals surface area contributed by atoms with E-state index in [-0.39, 0.29) is 0 Å². The Labute approximate surface area is 113 Å². The molecular weight excluding hydrogens is 250 g/mol. The van der Waals surface area contributed by atoms with E-state index in [0.29, 0.717) is 19.0 Å². The minimum atomic E-state index is 0.430. The summed E-state index contributed by atoms with van der Waals surface area (Å²) >= 11 is 1.66. The maximum absolute atomic E-state index is 5.08. The Kier molecular flexibility index (Phi) is 7.71. The van der Waals surface area contributed by atoms with Crippen LogP contribution in [0.1, 0.15) is 19.2 Å². The fourth-order valence-electron chi connectivity index (χ4n) is 1.31. The summed E-state index contributed by atoms with van der Waals surface area (Å²) in [5.74, 6) is 2.45. The molecule has 1 N–H and O–H groups in total. The molecule has 0 saturated carbocycles. The first-order valence-electron chi connectivity index (χ1n) is 6.02. The number of rotatable bonds is 9. The lowest BCUT2D eigenvalue weighted by atomic mass is 10.4. The molecule has 0 aliphatic heterocycles. The third kappa shape index (κ3) is 5.66. The standard InChI is InChI=1S/C12H21N3O2S/c1-4-5-13-10-8-12(18-7-6-16-2)15-11(14-10)9-17-3/h8H,4-7,9H2,1-3H3,(H,13,14,15). The number of methoxy groups -OCH3 is 2. The first-order chi connectivity index (χ1) is 8.80. The summed E-state index contributed by atoms with van der Waals surface area (Å²) in [6.45, 7) is 4.18. The van der Waals surface area contributed by atoms with Gasteiger partial charge in [-0.15, -0.1) is 11.8 Å². The van der Waals surface area contributed by atoms with Crippen LogP contribution in [0, 0.1) is 0 Å². The second-order valence-corrected chi connectivity index (χ2v) is 4.82. The first-order valence-corrected chi connectivity index (χ1v) is 7.01. The zero-order chi connectivity index (χ0) is 13.2. The Morgan fingerprint density at radius 2 is 2.11 bits per heavy atom. The van der Waals surface area contributed by atoms with Crippen molar-refractivity contribution in [3.05, 3.63) is 11.9 Å². The third-order valence-corrected chi connectivity index (χ3v) is 2.99. The molecule has 0 saturated heterocycles. The minimum Gasteiger partial charge on any atom is -0.384 e. The van der Waals surface area contributed by atoms with Gasteiger partial charge in [0.25, 0.3) is 0 Å². The lowest BCUT2D eigenvalue weighted by Crippen LogP contribution is -2.06. The molecule has 0 radical (unpaired) electrons. The van der Waals surface area contributed by atoms with E-state index < -0.39 is 0 Å². The van der Waals surface area contributed by atoms with E-state index in [9.17, 15) is 0 Å². The van der Waals surface area contributed by atoms with E-state index in [1.54, 1.807) is 26.0 Å². The topological polar surface area (TPSA) is 56.3 Å². The molecule has 0 aliphatic carbocycles. The summed E-state index contributed by atoms with van der Waals surface area (Å²) in [5.41, 5.74) is 0. The van der Waals surface area contributed by atoms with Crippen LogP contribution in [0.25, 0.3) is 0 Å². The van der Waals surface area contributed by atoms with Gasteiger partial charge < -0.3 is 14.8 Å². The van der Waals surface area contributed by atoms with E-state index in [2.05, 4.69) is 22.2 Å². The first kappa shape index (κ1) is 15.2. The normalized spacial score (nSPS) is 10.6. The van der Waals surface area contributed by atoms with E-state index in [1.165, 1.54) is 0 Å². The molecule has 0 amide bonds. The van der Waals surface area contributed by atoms with Crippen molar-refractivity contribution in [2.24, 2.45) is 0 Å². The molecule has 0 spiro atoms. The van der Waals surface area contributed by atoms with Crippen molar-refractivity contribution in [2.75, 3.05) is 38.4 Å². The second kappa shape index (κ2) is 9.13. The van der Waals surface area contributed by atoms with Gasteiger partial charge in [-0.2, -0.15) is 0 Å². The fourth-order valence-corrected chi connectivity index (χ4v) is 2.14. The minimum absolute atomic E-state index is 0.430. The van der Waals surface area contributed by atoms with Crippen LogP contribution in [0.4, 0.5) is 5.82 Å². The quantitative estimate of drug-likeness (QED) is 0.422.